The summed E-state index contributed by atoms with van der Waals surface area (Å²) in [6.07, 6.45) is 8.85. The van der Waals surface area contributed by atoms with E-state index in [4.69, 9.17) is 19.9 Å². The number of aryl methyl sites for hydroxylation is 4. The van der Waals surface area contributed by atoms with Crippen LogP contribution in [-0.2, 0) is 46.7 Å². The fourth-order valence-electron chi connectivity index (χ4n) is 6.31. The predicted molar refractivity (Wildman–Crippen MR) is 162 cm³/mol. The molecule has 3 aromatic rings. The minimum absolute atomic E-state index is 0. The van der Waals surface area contributed by atoms with Gasteiger partial charge in [-0.25, -0.2) is 9.97 Å². The molecule has 4 nitrogen and oxygen atoms in total. The van der Waals surface area contributed by atoms with E-state index >= 15 is 0 Å². The van der Waals surface area contributed by atoms with Crippen LogP contribution in [0.25, 0.3) is 44.9 Å². The molecule has 0 spiro atoms. The van der Waals surface area contributed by atoms with Crippen molar-refractivity contribution in [3.63, 3.8) is 0 Å². The molecule has 5 heterocycles. The molecule has 0 N–H and O–H groups in total. The molecule has 206 valence electrons. The smallest absolute Gasteiger partial charge is 0.657 e. The van der Waals surface area contributed by atoms with Gasteiger partial charge in [0.2, 0.25) is 0 Å². The standard InChI is InChI=1S/C34H40N4.Pt/c1-8-20-15-21-16-29-22(9-2)23(10-3)31(36-29)18-33-26(13-6)27(14-7)34(38-33)19-32-25(12-5)24(11-4)30(37-32)17-28(20)35-21;/h15-19H,8-14H2,1-7H3;/q-2;+2. The molecule has 0 radical (unpaired) electrons. The van der Waals surface area contributed by atoms with Gasteiger partial charge in [0.25, 0.3) is 0 Å². The van der Waals surface area contributed by atoms with E-state index in [9.17, 15) is 0 Å². The summed E-state index contributed by atoms with van der Waals surface area (Å²) in [6.45, 7) is 15.6. The number of hydrogen-bond donors (Lipinski definition) is 0. The second-order valence-corrected chi connectivity index (χ2v) is 10.2. The molecule has 0 aromatic carbocycles. The normalized spacial score (nSPS) is 13.1. The molecule has 8 bridgehead atoms. The Morgan fingerprint density at radius 1 is 0.487 bits per heavy atom. The average Bonchev–Trinajstić information content (AvgIpc) is 3.65. The summed E-state index contributed by atoms with van der Waals surface area (Å²) in [5, 5.41) is 0. The first kappa shape index (κ1) is 29.3. The summed E-state index contributed by atoms with van der Waals surface area (Å²) in [5.41, 5.74) is 17.5. The second-order valence-electron chi connectivity index (χ2n) is 10.2. The van der Waals surface area contributed by atoms with E-state index in [0.717, 1.165) is 89.8 Å². The molecule has 0 amide bonds. The van der Waals surface area contributed by atoms with Crippen molar-refractivity contribution in [2.75, 3.05) is 0 Å². The Morgan fingerprint density at radius 3 is 1.28 bits per heavy atom. The van der Waals surface area contributed by atoms with Gasteiger partial charge >= 0.3 is 21.1 Å². The summed E-state index contributed by atoms with van der Waals surface area (Å²) in [5.74, 6) is 0. The van der Waals surface area contributed by atoms with Gasteiger partial charge in [0, 0.05) is 0 Å². The van der Waals surface area contributed by atoms with Gasteiger partial charge in [-0.3, -0.25) is 0 Å². The third kappa shape index (κ3) is 5.13. The Morgan fingerprint density at radius 2 is 0.897 bits per heavy atom. The Hall–Kier alpha value is -2.71. The molecule has 0 atom stereocenters. The summed E-state index contributed by atoms with van der Waals surface area (Å²) in [7, 11) is 0. The molecule has 2 aliphatic rings. The Kier molecular flexibility index (Phi) is 9.17. The third-order valence-corrected chi connectivity index (χ3v) is 8.18. The van der Waals surface area contributed by atoms with Crippen molar-refractivity contribution < 1.29 is 21.1 Å². The van der Waals surface area contributed by atoms with Gasteiger partial charge in [-0.1, -0.05) is 95.0 Å². The summed E-state index contributed by atoms with van der Waals surface area (Å²) in [4.78, 5) is 20.7. The first-order chi connectivity index (χ1) is 18.5. The molecule has 5 rings (SSSR count). The first-order valence-electron chi connectivity index (χ1n) is 14.6. The number of aromatic nitrogens is 4. The quantitative estimate of drug-likeness (QED) is 0.248. The van der Waals surface area contributed by atoms with Crippen molar-refractivity contribution in [3.05, 3.63) is 69.3 Å². The summed E-state index contributed by atoms with van der Waals surface area (Å²) >= 11 is 0. The third-order valence-electron chi connectivity index (χ3n) is 8.18. The van der Waals surface area contributed by atoms with Gasteiger partial charge in [-0.2, -0.15) is 0 Å². The summed E-state index contributed by atoms with van der Waals surface area (Å²) in [6, 6.07) is 8.84. The van der Waals surface area contributed by atoms with Crippen molar-refractivity contribution in [1.29, 1.82) is 0 Å². The molecule has 0 fully saturated rings. The zero-order valence-electron chi connectivity index (χ0n) is 24.4. The SMILES string of the molecule is CCC1=Cc2cc3[n-]c(cc4nc(cc5[n-]c(cc1n2)c(CC)c5CC)C(CC)=C4CC)c(CC)c3CC.[Pt+2]. The number of hydrogen-bond acceptors (Lipinski definition) is 2. The van der Waals surface area contributed by atoms with Crippen molar-refractivity contribution in [2.45, 2.75) is 93.4 Å². The number of nitrogens with zero attached hydrogens (tertiary/aromatic N) is 4. The maximum atomic E-state index is 5.23. The van der Waals surface area contributed by atoms with Crippen molar-refractivity contribution in [2.24, 2.45) is 0 Å². The van der Waals surface area contributed by atoms with Gasteiger partial charge in [-0.15, -0.1) is 22.1 Å². The molecular formula is C34H40N4Pt. The molecule has 39 heavy (non-hydrogen) atoms. The maximum Gasteiger partial charge on any atom is 2.00 e. The van der Waals surface area contributed by atoms with Crippen molar-refractivity contribution in [3.8, 4) is 0 Å². The largest absolute Gasteiger partial charge is 2.00 e. The fourth-order valence-corrected chi connectivity index (χ4v) is 6.31. The Balaban J connectivity index is 0.00000353. The zero-order valence-corrected chi connectivity index (χ0v) is 26.7. The topological polar surface area (TPSA) is 54.0 Å². The van der Waals surface area contributed by atoms with Gasteiger partial charge in [0.05, 0.1) is 22.8 Å². The monoisotopic (exact) mass is 699 g/mol. The van der Waals surface area contributed by atoms with E-state index in [1.807, 2.05) is 0 Å². The van der Waals surface area contributed by atoms with E-state index in [-0.39, 0.29) is 21.1 Å². The van der Waals surface area contributed by atoms with E-state index in [1.165, 1.54) is 39.0 Å². The van der Waals surface area contributed by atoms with Gasteiger partial charge in [0.15, 0.2) is 0 Å². The van der Waals surface area contributed by atoms with Crippen LogP contribution in [0.2, 0.25) is 0 Å². The molecule has 5 heteroatoms. The Labute approximate surface area is 247 Å². The van der Waals surface area contributed by atoms with Crippen LogP contribution in [0, 0.1) is 0 Å². The maximum absolute atomic E-state index is 5.23. The van der Waals surface area contributed by atoms with E-state index in [2.05, 4.69) is 78.8 Å². The molecule has 0 unspecified atom stereocenters. The second kappa shape index (κ2) is 12.2. The molecule has 0 saturated carbocycles. The predicted octanol–water partition coefficient (Wildman–Crippen LogP) is 8.50. The van der Waals surface area contributed by atoms with Crippen LogP contribution >= 0.6 is 0 Å². The van der Waals surface area contributed by atoms with Crippen LogP contribution in [0.3, 0.4) is 0 Å². The van der Waals surface area contributed by atoms with Crippen LogP contribution in [-0.4, -0.2) is 9.97 Å². The number of rotatable bonds is 7. The van der Waals surface area contributed by atoms with Crippen molar-refractivity contribution >= 4 is 44.9 Å². The van der Waals surface area contributed by atoms with Crippen LogP contribution in [0.5, 0.6) is 0 Å². The van der Waals surface area contributed by atoms with Gasteiger partial charge in [0.1, 0.15) is 0 Å². The van der Waals surface area contributed by atoms with Crippen LogP contribution < -0.4 is 9.97 Å². The molecule has 2 aliphatic heterocycles. The first-order valence-corrected chi connectivity index (χ1v) is 14.6. The minimum Gasteiger partial charge on any atom is -0.657 e. The molecule has 3 aromatic heterocycles. The van der Waals surface area contributed by atoms with E-state index in [0.29, 0.717) is 0 Å². The van der Waals surface area contributed by atoms with Gasteiger partial charge < -0.3 is 9.97 Å². The molecule has 0 saturated heterocycles. The summed E-state index contributed by atoms with van der Waals surface area (Å²) < 4.78 is 0. The minimum atomic E-state index is 0. The average molecular weight is 700 g/mol. The van der Waals surface area contributed by atoms with Crippen LogP contribution in [0.15, 0.2) is 24.3 Å². The van der Waals surface area contributed by atoms with Crippen molar-refractivity contribution in [1.82, 2.24) is 19.9 Å². The fraction of sp³-hybridized carbons (Fsp3) is 0.412. The van der Waals surface area contributed by atoms with E-state index < -0.39 is 0 Å². The molecular weight excluding hydrogens is 659 g/mol. The van der Waals surface area contributed by atoms with Crippen LogP contribution in [0.4, 0.5) is 0 Å². The van der Waals surface area contributed by atoms with E-state index in [1.54, 1.807) is 0 Å². The number of fused-ring (bicyclic) bond motifs is 8. The number of allylic oxidation sites excluding steroid dienone is 3. The molecule has 0 aliphatic carbocycles. The van der Waals surface area contributed by atoms with Crippen LogP contribution in [0.1, 0.15) is 113 Å². The van der Waals surface area contributed by atoms with Gasteiger partial charge in [-0.05, 0) is 67.7 Å². The Bertz CT molecular complexity index is 1610. The zero-order chi connectivity index (χ0) is 27.0.